The Morgan fingerprint density at radius 3 is 2.42 bits per heavy atom. The molecule has 112 valence electrons. The van der Waals surface area contributed by atoms with Crippen molar-refractivity contribution in [2.45, 2.75) is 50.8 Å². The van der Waals surface area contributed by atoms with Gasteiger partial charge < -0.3 is 5.32 Å². The van der Waals surface area contributed by atoms with Gasteiger partial charge in [0.25, 0.3) is 0 Å². The van der Waals surface area contributed by atoms with E-state index < -0.39 is 9.84 Å². The zero-order valence-electron chi connectivity index (χ0n) is 12.2. The van der Waals surface area contributed by atoms with Crippen LogP contribution in [0.3, 0.4) is 0 Å². The van der Waals surface area contributed by atoms with Gasteiger partial charge in [-0.25, -0.2) is 8.42 Å². The number of hydrogen-bond acceptors (Lipinski definition) is 4. The molecule has 1 amide bonds. The molecule has 0 aromatic rings. The highest BCUT2D eigenvalue weighted by Gasteiger charge is 2.29. The third-order valence-electron chi connectivity index (χ3n) is 3.86. The maximum absolute atomic E-state index is 11.9. The lowest BCUT2D eigenvalue weighted by atomic mass is 9.95. The van der Waals surface area contributed by atoms with Crippen LogP contribution in [0.5, 0.6) is 0 Å². The molecule has 0 bridgehead atoms. The van der Waals surface area contributed by atoms with E-state index in [1.54, 1.807) is 0 Å². The Balaban J connectivity index is 2.46. The summed E-state index contributed by atoms with van der Waals surface area (Å²) < 4.78 is 23.1. The number of carbonyl (C=O) groups is 1. The van der Waals surface area contributed by atoms with Crippen molar-refractivity contribution >= 4 is 15.7 Å². The first kappa shape index (κ1) is 16.4. The van der Waals surface area contributed by atoms with Gasteiger partial charge in [0.2, 0.25) is 5.91 Å². The van der Waals surface area contributed by atoms with E-state index in [1.807, 2.05) is 18.7 Å². The van der Waals surface area contributed by atoms with E-state index in [1.165, 1.54) is 6.26 Å². The Morgan fingerprint density at radius 2 is 1.89 bits per heavy atom. The van der Waals surface area contributed by atoms with Crippen molar-refractivity contribution in [3.05, 3.63) is 0 Å². The number of amides is 1. The second-order valence-corrected chi connectivity index (χ2v) is 7.67. The van der Waals surface area contributed by atoms with Gasteiger partial charge in [-0.3, -0.25) is 9.69 Å². The first-order valence-electron chi connectivity index (χ1n) is 7.07. The Hall–Kier alpha value is -0.620. The summed E-state index contributed by atoms with van der Waals surface area (Å²) >= 11 is 0. The SMILES string of the molecule is CCN(CC)CC(=O)N[C@H]1CCC[C@H](S(C)(=O)=O)C1. The second kappa shape index (κ2) is 7.24. The molecule has 0 aromatic heterocycles. The molecule has 1 aliphatic rings. The van der Waals surface area contributed by atoms with Crippen LogP contribution in [0.2, 0.25) is 0 Å². The van der Waals surface area contributed by atoms with Gasteiger partial charge in [-0.2, -0.15) is 0 Å². The predicted octanol–water partition coefficient (Wildman–Crippen LogP) is 0.800. The Kier molecular flexibility index (Phi) is 6.26. The lowest BCUT2D eigenvalue weighted by Gasteiger charge is -2.29. The molecule has 1 N–H and O–H groups in total. The van der Waals surface area contributed by atoms with Crippen molar-refractivity contribution in [1.82, 2.24) is 10.2 Å². The van der Waals surface area contributed by atoms with Gasteiger partial charge >= 0.3 is 0 Å². The summed E-state index contributed by atoms with van der Waals surface area (Å²) in [5.41, 5.74) is 0. The fourth-order valence-electron chi connectivity index (χ4n) is 2.59. The van der Waals surface area contributed by atoms with Gasteiger partial charge in [0.15, 0.2) is 0 Å². The summed E-state index contributed by atoms with van der Waals surface area (Å²) in [6.07, 6.45) is 4.33. The molecular formula is C13H26N2O3S. The van der Waals surface area contributed by atoms with E-state index in [-0.39, 0.29) is 17.2 Å². The van der Waals surface area contributed by atoms with Gasteiger partial charge in [-0.1, -0.05) is 20.3 Å². The standard InChI is InChI=1S/C13H26N2O3S/c1-4-15(5-2)10-13(16)14-11-7-6-8-12(9-11)19(3,17)18/h11-12H,4-10H2,1-3H3,(H,14,16)/t11-,12-/m0/s1. The highest BCUT2D eigenvalue weighted by molar-refractivity contribution is 7.91. The summed E-state index contributed by atoms with van der Waals surface area (Å²) in [7, 11) is -2.99. The van der Waals surface area contributed by atoms with Gasteiger partial charge in [0.1, 0.15) is 9.84 Å². The second-order valence-electron chi connectivity index (χ2n) is 5.34. The normalized spacial score (nSPS) is 24.4. The maximum Gasteiger partial charge on any atom is 0.234 e. The number of sulfone groups is 1. The molecule has 0 spiro atoms. The highest BCUT2D eigenvalue weighted by Crippen LogP contribution is 2.23. The van der Waals surface area contributed by atoms with Gasteiger partial charge in [-0.05, 0) is 32.4 Å². The van der Waals surface area contributed by atoms with E-state index in [9.17, 15) is 13.2 Å². The molecule has 1 rings (SSSR count). The fraction of sp³-hybridized carbons (Fsp3) is 0.923. The zero-order chi connectivity index (χ0) is 14.5. The summed E-state index contributed by atoms with van der Waals surface area (Å²) in [4.78, 5) is 13.9. The number of carbonyl (C=O) groups excluding carboxylic acids is 1. The van der Waals surface area contributed by atoms with Crippen LogP contribution >= 0.6 is 0 Å². The van der Waals surface area contributed by atoms with Crippen molar-refractivity contribution in [3.63, 3.8) is 0 Å². The molecule has 1 aliphatic carbocycles. The van der Waals surface area contributed by atoms with E-state index in [0.717, 1.165) is 32.4 Å². The molecule has 0 unspecified atom stereocenters. The van der Waals surface area contributed by atoms with Crippen LogP contribution in [0.25, 0.3) is 0 Å². The van der Waals surface area contributed by atoms with Crippen LogP contribution in [-0.4, -0.2) is 56.4 Å². The molecule has 1 fully saturated rings. The Labute approximate surface area is 116 Å². The van der Waals surface area contributed by atoms with Gasteiger partial charge in [-0.15, -0.1) is 0 Å². The fourth-order valence-corrected chi connectivity index (χ4v) is 3.77. The zero-order valence-corrected chi connectivity index (χ0v) is 13.0. The van der Waals surface area contributed by atoms with E-state index in [0.29, 0.717) is 13.0 Å². The molecule has 19 heavy (non-hydrogen) atoms. The first-order valence-corrected chi connectivity index (χ1v) is 9.02. The van der Waals surface area contributed by atoms with Crippen LogP contribution in [0.1, 0.15) is 39.5 Å². The van der Waals surface area contributed by atoms with Crippen molar-refractivity contribution in [1.29, 1.82) is 0 Å². The summed E-state index contributed by atoms with van der Waals surface area (Å²) in [6, 6.07) is 0.0107. The average molecular weight is 290 g/mol. The number of hydrogen-bond donors (Lipinski definition) is 1. The molecular weight excluding hydrogens is 264 g/mol. The molecule has 0 radical (unpaired) electrons. The maximum atomic E-state index is 11.9. The van der Waals surface area contributed by atoms with E-state index >= 15 is 0 Å². The molecule has 5 nitrogen and oxygen atoms in total. The van der Waals surface area contributed by atoms with Crippen molar-refractivity contribution < 1.29 is 13.2 Å². The van der Waals surface area contributed by atoms with Crippen molar-refractivity contribution in [2.75, 3.05) is 25.9 Å². The Bertz CT molecular complexity index is 391. The highest BCUT2D eigenvalue weighted by atomic mass is 32.2. The lowest BCUT2D eigenvalue weighted by Crippen LogP contribution is -2.45. The van der Waals surface area contributed by atoms with Crippen LogP contribution in [0.4, 0.5) is 0 Å². The van der Waals surface area contributed by atoms with Gasteiger partial charge in [0.05, 0.1) is 11.8 Å². The van der Waals surface area contributed by atoms with Crippen molar-refractivity contribution in [3.8, 4) is 0 Å². The topological polar surface area (TPSA) is 66.5 Å². The minimum atomic E-state index is -2.99. The monoisotopic (exact) mass is 290 g/mol. The number of likely N-dealkylation sites (N-methyl/N-ethyl adjacent to an activating group) is 1. The number of rotatable bonds is 6. The minimum Gasteiger partial charge on any atom is -0.352 e. The predicted molar refractivity (Wildman–Crippen MR) is 76.8 cm³/mol. The number of nitrogens with one attached hydrogen (secondary N) is 1. The van der Waals surface area contributed by atoms with E-state index in [2.05, 4.69) is 5.32 Å². The van der Waals surface area contributed by atoms with Crippen LogP contribution in [0, 0.1) is 0 Å². The van der Waals surface area contributed by atoms with Crippen molar-refractivity contribution in [2.24, 2.45) is 0 Å². The van der Waals surface area contributed by atoms with Gasteiger partial charge in [0, 0.05) is 12.3 Å². The molecule has 0 saturated heterocycles. The molecule has 0 aliphatic heterocycles. The molecule has 0 aromatic carbocycles. The van der Waals surface area contributed by atoms with Crippen LogP contribution in [-0.2, 0) is 14.6 Å². The minimum absolute atomic E-state index is 0.00264. The third kappa shape index (κ3) is 5.48. The summed E-state index contributed by atoms with van der Waals surface area (Å²) in [5.74, 6) is 0.00264. The Morgan fingerprint density at radius 1 is 1.26 bits per heavy atom. The molecule has 1 saturated carbocycles. The van der Waals surface area contributed by atoms with Crippen LogP contribution < -0.4 is 5.32 Å². The first-order chi connectivity index (χ1) is 8.86. The molecule has 2 atom stereocenters. The third-order valence-corrected chi connectivity index (χ3v) is 5.50. The molecule has 0 heterocycles. The number of nitrogens with zero attached hydrogens (tertiary/aromatic N) is 1. The smallest absolute Gasteiger partial charge is 0.234 e. The summed E-state index contributed by atoms with van der Waals surface area (Å²) in [5, 5.41) is 2.68. The lowest BCUT2D eigenvalue weighted by molar-refractivity contribution is -0.123. The summed E-state index contributed by atoms with van der Waals surface area (Å²) in [6.45, 7) is 6.14. The van der Waals surface area contributed by atoms with E-state index in [4.69, 9.17) is 0 Å². The molecule has 6 heteroatoms. The largest absolute Gasteiger partial charge is 0.352 e. The quantitative estimate of drug-likeness (QED) is 0.786. The van der Waals surface area contributed by atoms with Crippen LogP contribution in [0.15, 0.2) is 0 Å². The average Bonchev–Trinajstić information content (AvgIpc) is 2.35.